The maximum Gasteiger partial charge on any atom is 0.241 e. The zero-order valence-corrected chi connectivity index (χ0v) is 19.2. The van der Waals surface area contributed by atoms with Crippen molar-refractivity contribution in [3.05, 3.63) is 64.7 Å². The van der Waals surface area contributed by atoms with Gasteiger partial charge in [-0.25, -0.2) is 8.42 Å². The molecule has 0 bridgehead atoms. The molecule has 0 aliphatic carbocycles. The summed E-state index contributed by atoms with van der Waals surface area (Å²) in [7, 11) is -3.60. The zero-order chi connectivity index (χ0) is 22.0. The first-order valence-electron chi connectivity index (χ1n) is 9.74. The average Bonchev–Trinajstić information content (AvgIpc) is 2.60. The molecule has 5 nitrogen and oxygen atoms in total. The van der Waals surface area contributed by atoms with Crippen molar-refractivity contribution in [3.8, 4) is 0 Å². The second-order valence-electron chi connectivity index (χ2n) is 8.72. The van der Waals surface area contributed by atoms with Crippen molar-refractivity contribution in [1.29, 1.82) is 0 Å². The van der Waals surface area contributed by atoms with Gasteiger partial charge in [0.05, 0.1) is 18.0 Å². The molecule has 6 heteroatoms. The van der Waals surface area contributed by atoms with Gasteiger partial charge in [-0.15, -0.1) is 0 Å². The summed E-state index contributed by atoms with van der Waals surface area (Å²) in [5.74, 6) is -0.344. The Kier molecular flexibility index (Phi) is 6.78. The van der Waals surface area contributed by atoms with Crippen molar-refractivity contribution < 1.29 is 13.2 Å². The first-order chi connectivity index (χ1) is 13.3. The Labute approximate surface area is 175 Å². The van der Waals surface area contributed by atoms with Gasteiger partial charge in [-0.3, -0.25) is 9.10 Å². The first kappa shape index (κ1) is 22.9. The van der Waals surface area contributed by atoms with Crippen LogP contribution in [0.15, 0.2) is 42.5 Å². The largest absolute Gasteiger partial charge is 0.348 e. The molecule has 1 atom stereocenters. The zero-order valence-electron chi connectivity index (χ0n) is 18.4. The van der Waals surface area contributed by atoms with Gasteiger partial charge >= 0.3 is 0 Å². The normalized spacial score (nSPS) is 13.1. The van der Waals surface area contributed by atoms with Gasteiger partial charge in [0.15, 0.2) is 0 Å². The van der Waals surface area contributed by atoms with Crippen molar-refractivity contribution >= 4 is 21.6 Å². The average molecular weight is 417 g/mol. The Morgan fingerprint density at radius 3 is 2.17 bits per heavy atom. The molecule has 1 amide bonds. The minimum atomic E-state index is -3.60. The number of benzene rings is 2. The van der Waals surface area contributed by atoms with E-state index in [1.54, 1.807) is 6.07 Å². The predicted octanol–water partition coefficient (Wildman–Crippen LogP) is 4.24. The van der Waals surface area contributed by atoms with Gasteiger partial charge in [0.2, 0.25) is 15.9 Å². The fourth-order valence-corrected chi connectivity index (χ4v) is 4.05. The van der Waals surface area contributed by atoms with Gasteiger partial charge < -0.3 is 5.32 Å². The Morgan fingerprint density at radius 1 is 1.07 bits per heavy atom. The van der Waals surface area contributed by atoms with Gasteiger partial charge in [-0.2, -0.15) is 0 Å². The molecule has 0 aliphatic heterocycles. The minimum Gasteiger partial charge on any atom is -0.348 e. The van der Waals surface area contributed by atoms with Crippen molar-refractivity contribution in [1.82, 2.24) is 5.32 Å². The Balaban J connectivity index is 2.17. The summed E-state index contributed by atoms with van der Waals surface area (Å²) in [4.78, 5) is 12.7. The number of carbonyl (C=O) groups excluding carboxylic acids is 1. The van der Waals surface area contributed by atoms with Crippen LogP contribution in [0, 0.1) is 13.8 Å². The van der Waals surface area contributed by atoms with Crippen molar-refractivity contribution in [2.45, 2.75) is 53.0 Å². The standard InChI is InChI=1S/C23H32N2O3S/c1-16-8-9-17(2)21(14-16)25(29(7,27)28)15-22(26)24-18(3)19-10-12-20(13-11-19)23(4,5)6/h8-14,18H,15H2,1-7H3,(H,24,26). The SMILES string of the molecule is Cc1ccc(C)c(N(CC(=O)NC(C)c2ccc(C(C)(C)C)cc2)S(C)(=O)=O)c1. The van der Waals surface area contributed by atoms with Crippen LogP contribution in [-0.2, 0) is 20.2 Å². The quantitative estimate of drug-likeness (QED) is 0.766. The summed E-state index contributed by atoms with van der Waals surface area (Å²) in [5.41, 5.74) is 4.53. The molecule has 1 N–H and O–H groups in total. The molecule has 0 heterocycles. The van der Waals surface area contributed by atoms with Gasteiger partial charge in [0.1, 0.15) is 6.54 Å². The Hall–Kier alpha value is -2.34. The third kappa shape index (κ3) is 6.07. The van der Waals surface area contributed by atoms with Crippen molar-refractivity contribution in [3.63, 3.8) is 0 Å². The number of aryl methyl sites for hydroxylation is 2. The Morgan fingerprint density at radius 2 is 1.66 bits per heavy atom. The second kappa shape index (κ2) is 8.57. The highest BCUT2D eigenvalue weighted by atomic mass is 32.2. The molecule has 1 unspecified atom stereocenters. The number of nitrogens with zero attached hydrogens (tertiary/aromatic N) is 1. The molecular formula is C23H32N2O3S. The highest BCUT2D eigenvalue weighted by Crippen LogP contribution is 2.25. The van der Waals surface area contributed by atoms with E-state index in [0.717, 1.165) is 22.9 Å². The van der Waals surface area contributed by atoms with Crippen LogP contribution >= 0.6 is 0 Å². The molecule has 29 heavy (non-hydrogen) atoms. The number of sulfonamides is 1. The van der Waals surface area contributed by atoms with Gasteiger partial charge in [0.25, 0.3) is 0 Å². The highest BCUT2D eigenvalue weighted by Gasteiger charge is 2.23. The van der Waals surface area contributed by atoms with Crippen LogP contribution in [0.2, 0.25) is 0 Å². The molecule has 0 saturated carbocycles. The van der Waals surface area contributed by atoms with Crippen LogP contribution in [0.5, 0.6) is 0 Å². The number of nitrogens with one attached hydrogen (secondary N) is 1. The summed E-state index contributed by atoms with van der Waals surface area (Å²) in [5, 5.41) is 2.92. The molecule has 0 spiro atoms. The van der Waals surface area contributed by atoms with Crippen LogP contribution in [0.25, 0.3) is 0 Å². The molecule has 158 valence electrons. The maximum atomic E-state index is 12.7. The number of carbonyl (C=O) groups is 1. The van der Waals surface area contributed by atoms with E-state index in [-0.39, 0.29) is 23.9 Å². The lowest BCUT2D eigenvalue weighted by Crippen LogP contribution is -2.41. The summed E-state index contributed by atoms with van der Waals surface area (Å²) < 4.78 is 25.9. The second-order valence-corrected chi connectivity index (χ2v) is 10.6. The van der Waals surface area contributed by atoms with E-state index >= 15 is 0 Å². The van der Waals surface area contributed by atoms with Crippen molar-refractivity contribution in [2.75, 3.05) is 17.1 Å². The summed E-state index contributed by atoms with van der Waals surface area (Å²) in [6.45, 7) is 11.8. The van der Waals surface area contributed by atoms with E-state index in [9.17, 15) is 13.2 Å². The number of amides is 1. The number of hydrogen-bond donors (Lipinski definition) is 1. The minimum absolute atomic E-state index is 0.0622. The van der Waals surface area contributed by atoms with Gasteiger partial charge in [0, 0.05) is 0 Å². The van der Waals surface area contributed by atoms with E-state index in [0.29, 0.717) is 5.69 Å². The van der Waals surface area contributed by atoms with E-state index < -0.39 is 10.0 Å². The van der Waals surface area contributed by atoms with Gasteiger partial charge in [-0.05, 0) is 54.5 Å². The molecule has 0 saturated heterocycles. The molecule has 0 fully saturated rings. The molecule has 0 radical (unpaired) electrons. The predicted molar refractivity (Wildman–Crippen MR) is 120 cm³/mol. The molecule has 0 aliphatic rings. The molecule has 2 aromatic rings. The van der Waals surface area contributed by atoms with Crippen molar-refractivity contribution in [2.24, 2.45) is 0 Å². The fourth-order valence-electron chi connectivity index (χ4n) is 3.14. The topological polar surface area (TPSA) is 66.5 Å². The van der Waals surface area contributed by atoms with Crippen LogP contribution in [0.3, 0.4) is 0 Å². The van der Waals surface area contributed by atoms with Crippen LogP contribution in [-0.4, -0.2) is 27.1 Å². The number of hydrogen-bond acceptors (Lipinski definition) is 3. The van der Waals surface area contributed by atoms with Crippen LogP contribution in [0.4, 0.5) is 5.69 Å². The lowest BCUT2D eigenvalue weighted by molar-refractivity contribution is -0.120. The lowest BCUT2D eigenvalue weighted by Gasteiger charge is -2.25. The Bertz CT molecular complexity index is 974. The van der Waals surface area contributed by atoms with Crippen LogP contribution in [0.1, 0.15) is 56.0 Å². The summed E-state index contributed by atoms with van der Waals surface area (Å²) in [6, 6.07) is 13.5. The van der Waals surface area contributed by atoms with E-state index in [4.69, 9.17) is 0 Å². The molecule has 2 aromatic carbocycles. The number of anilines is 1. The van der Waals surface area contributed by atoms with E-state index in [2.05, 4.69) is 38.2 Å². The third-order valence-electron chi connectivity index (χ3n) is 4.98. The first-order valence-corrected chi connectivity index (χ1v) is 11.6. The summed E-state index contributed by atoms with van der Waals surface area (Å²) in [6.07, 6.45) is 1.12. The van der Waals surface area contributed by atoms with E-state index in [1.807, 2.05) is 45.0 Å². The molecule has 2 rings (SSSR count). The fraction of sp³-hybridized carbons (Fsp3) is 0.435. The lowest BCUT2D eigenvalue weighted by atomic mass is 9.86. The number of rotatable bonds is 6. The molecule has 0 aromatic heterocycles. The maximum absolute atomic E-state index is 12.7. The summed E-state index contributed by atoms with van der Waals surface area (Å²) >= 11 is 0. The highest BCUT2D eigenvalue weighted by molar-refractivity contribution is 7.92. The van der Waals surface area contributed by atoms with Crippen LogP contribution < -0.4 is 9.62 Å². The monoisotopic (exact) mass is 416 g/mol. The smallest absolute Gasteiger partial charge is 0.241 e. The van der Waals surface area contributed by atoms with Gasteiger partial charge in [-0.1, -0.05) is 57.2 Å². The van der Waals surface area contributed by atoms with E-state index in [1.165, 1.54) is 9.87 Å². The third-order valence-corrected chi connectivity index (χ3v) is 6.10. The molecular weight excluding hydrogens is 384 g/mol.